The van der Waals surface area contributed by atoms with Gasteiger partial charge in [0.05, 0.1) is 12.8 Å². The van der Waals surface area contributed by atoms with Crippen molar-refractivity contribution in [2.45, 2.75) is 59.0 Å². The van der Waals surface area contributed by atoms with Crippen molar-refractivity contribution in [3.8, 4) is 11.5 Å². The van der Waals surface area contributed by atoms with E-state index < -0.39 is 17.5 Å². The predicted octanol–water partition coefficient (Wildman–Crippen LogP) is 2.81. The number of phenols is 1. The predicted molar refractivity (Wildman–Crippen MR) is 87.5 cm³/mol. The minimum atomic E-state index is -1.03. The molecule has 0 aromatic heterocycles. The molecule has 6 nitrogen and oxygen atoms in total. The summed E-state index contributed by atoms with van der Waals surface area (Å²) in [4.78, 5) is 22.1. The Hall–Kier alpha value is -2.24. The van der Waals surface area contributed by atoms with Crippen molar-refractivity contribution in [2.75, 3.05) is 6.61 Å². The minimum Gasteiger partial charge on any atom is -0.507 e. The number of aliphatic carboxylic acids is 1. The topological polar surface area (TPSA) is 93.1 Å². The molecule has 132 valence electrons. The van der Waals surface area contributed by atoms with E-state index in [1.54, 1.807) is 0 Å². The van der Waals surface area contributed by atoms with Crippen LogP contribution in [-0.4, -0.2) is 34.4 Å². The maximum atomic E-state index is 11.6. The van der Waals surface area contributed by atoms with E-state index in [9.17, 15) is 14.7 Å². The highest BCUT2D eigenvalue weighted by atomic mass is 16.6. The van der Waals surface area contributed by atoms with Crippen LogP contribution >= 0.6 is 0 Å². The summed E-state index contributed by atoms with van der Waals surface area (Å²) in [5.74, 6) is -0.512. The van der Waals surface area contributed by atoms with Crippen LogP contribution in [-0.2, 0) is 20.7 Å². The first-order valence-electron chi connectivity index (χ1n) is 8.02. The molecule has 24 heavy (non-hydrogen) atoms. The Kier molecular flexibility index (Phi) is 5.06. The van der Waals surface area contributed by atoms with Crippen molar-refractivity contribution >= 4 is 11.9 Å². The lowest BCUT2D eigenvalue weighted by molar-refractivity contribution is -0.152. The SMILES string of the molecule is Cc1c(C)c2c(c(C)c1O)CCC(C)(COC(=O)CCC(=O)O)O2. The van der Waals surface area contributed by atoms with E-state index >= 15 is 0 Å². The van der Waals surface area contributed by atoms with Gasteiger partial charge in [0, 0.05) is 5.56 Å². The molecule has 1 heterocycles. The molecule has 0 spiro atoms. The largest absolute Gasteiger partial charge is 0.507 e. The quantitative estimate of drug-likeness (QED) is 0.803. The molecule has 0 saturated carbocycles. The van der Waals surface area contributed by atoms with Crippen LogP contribution in [0, 0.1) is 20.8 Å². The van der Waals surface area contributed by atoms with Crippen LogP contribution in [0.15, 0.2) is 0 Å². The molecule has 0 fully saturated rings. The van der Waals surface area contributed by atoms with Gasteiger partial charge < -0.3 is 19.7 Å². The fraction of sp³-hybridized carbons (Fsp3) is 0.556. The number of hydrogen-bond acceptors (Lipinski definition) is 5. The number of carboxylic acid groups (broad SMARTS) is 1. The standard InChI is InChI=1S/C18H24O6/c1-10-11(2)17-13(12(3)16(10)22)7-8-18(4,24-17)9-23-15(21)6-5-14(19)20/h22H,5-9H2,1-4H3,(H,19,20). The van der Waals surface area contributed by atoms with Crippen molar-refractivity contribution in [2.24, 2.45) is 0 Å². The Morgan fingerprint density at radius 1 is 1.17 bits per heavy atom. The lowest BCUT2D eigenvalue weighted by atomic mass is 9.87. The number of phenolic OH excluding ortho intramolecular Hbond substituents is 1. The highest BCUT2D eigenvalue weighted by Crippen LogP contribution is 2.43. The molecular formula is C18H24O6. The van der Waals surface area contributed by atoms with Gasteiger partial charge in [-0.1, -0.05) is 0 Å². The summed E-state index contributed by atoms with van der Waals surface area (Å²) in [6.45, 7) is 7.57. The fourth-order valence-electron chi connectivity index (χ4n) is 2.91. The molecule has 0 bridgehead atoms. The molecule has 1 unspecified atom stereocenters. The van der Waals surface area contributed by atoms with Crippen molar-refractivity contribution in [3.63, 3.8) is 0 Å². The van der Waals surface area contributed by atoms with E-state index in [4.69, 9.17) is 14.6 Å². The number of fused-ring (bicyclic) bond motifs is 1. The maximum Gasteiger partial charge on any atom is 0.306 e. The van der Waals surface area contributed by atoms with Gasteiger partial charge >= 0.3 is 11.9 Å². The molecule has 0 saturated heterocycles. The number of carbonyl (C=O) groups is 2. The smallest absolute Gasteiger partial charge is 0.306 e. The first kappa shape index (κ1) is 18.1. The molecule has 6 heteroatoms. The molecule has 1 atom stereocenters. The van der Waals surface area contributed by atoms with Gasteiger partial charge in [0.2, 0.25) is 0 Å². The Bertz CT molecular complexity index is 679. The molecule has 0 radical (unpaired) electrons. The Labute approximate surface area is 141 Å². The first-order valence-corrected chi connectivity index (χ1v) is 8.02. The highest BCUT2D eigenvalue weighted by Gasteiger charge is 2.35. The van der Waals surface area contributed by atoms with Crippen molar-refractivity contribution in [1.82, 2.24) is 0 Å². The molecule has 1 aromatic rings. The number of ether oxygens (including phenoxy) is 2. The second kappa shape index (κ2) is 6.71. The molecule has 2 N–H and O–H groups in total. The average Bonchev–Trinajstić information content (AvgIpc) is 2.54. The number of benzene rings is 1. The van der Waals surface area contributed by atoms with Gasteiger partial charge in [-0.3, -0.25) is 9.59 Å². The van der Waals surface area contributed by atoms with Crippen LogP contribution in [0.2, 0.25) is 0 Å². The highest BCUT2D eigenvalue weighted by molar-refractivity contribution is 5.76. The van der Waals surface area contributed by atoms with Crippen molar-refractivity contribution < 1.29 is 29.3 Å². The Balaban J connectivity index is 2.11. The third kappa shape index (κ3) is 3.63. The molecule has 1 aromatic carbocycles. The zero-order chi connectivity index (χ0) is 18.1. The number of carboxylic acids is 1. The Morgan fingerprint density at radius 3 is 2.46 bits per heavy atom. The van der Waals surface area contributed by atoms with E-state index in [0.29, 0.717) is 12.2 Å². The molecule has 1 aliphatic heterocycles. The minimum absolute atomic E-state index is 0.0727. The zero-order valence-electron chi connectivity index (χ0n) is 14.6. The van der Waals surface area contributed by atoms with Gasteiger partial charge in [-0.15, -0.1) is 0 Å². The van der Waals surface area contributed by atoms with Gasteiger partial charge in [-0.05, 0) is 57.2 Å². The van der Waals surface area contributed by atoms with Crippen LogP contribution < -0.4 is 4.74 Å². The van der Waals surface area contributed by atoms with Crippen LogP contribution in [0.3, 0.4) is 0 Å². The van der Waals surface area contributed by atoms with E-state index in [2.05, 4.69) is 0 Å². The number of rotatable bonds is 5. The van der Waals surface area contributed by atoms with E-state index in [0.717, 1.165) is 34.4 Å². The van der Waals surface area contributed by atoms with Crippen LogP contribution in [0.4, 0.5) is 0 Å². The third-order valence-electron chi connectivity index (χ3n) is 4.67. The summed E-state index contributed by atoms with van der Waals surface area (Å²) < 4.78 is 11.3. The molecular weight excluding hydrogens is 312 g/mol. The average molecular weight is 336 g/mol. The van der Waals surface area contributed by atoms with E-state index in [1.807, 2.05) is 27.7 Å². The maximum absolute atomic E-state index is 11.6. The molecule has 0 amide bonds. The van der Waals surface area contributed by atoms with Crippen molar-refractivity contribution in [1.29, 1.82) is 0 Å². The number of aromatic hydroxyl groups is 1. The van der Waals surface area contributed by atoms with Gasteiger partial charge in [0.15, 0.2) is 0 Å². The summed E-state index contributed by atoms with van der Waals surface area (Å²) >= 11 is 0. The van der Waals surface area contributed by atoms with Gasteiger partial charge in [-0.2, -0.15) is 0 Å². The second-order valence-electron chi connectivity index (χ2n) is 6.64. The normalized spacial score (nSPS) is 19.3. The van der Waals surface area contributed by atoms with Gasteiger partial charge in [0.25, 0.3) is 0 Å². The summed E-state index contributed by atoms with van der Waals surface area (Å²) in [6, 6.07) is 0. The lowest BCUT2D eigenvalue weighted by Gasteiger charge is -2.37. The van der Waals surface area contributed by atoms with E-state index in [-0.39, 0.29) is 19.4 Å². The summed E-state index contributed by atoms with van der Waals surface area (Å²) in [5.41, 5.74) is 2.83. The third-order valence-corrected chi connectivity index (χ3v) is 4.67. The summed E-state index contributed by atoms with van der Waals surface area (Å²) in [5, 5.41) is 18.8. The molecule has 2 rings (SSSR count). The molecule has 1 aliphatic rings. The Morgan fingerprint density at radius 2 is 1.83 bits per heavy atom. The number of esters is 1. The zero-order valence-corrected chi connectivity index (χ0v) is 14.6. The summed E-state index contributed by atoms with van der Waals surface area (Å²) in [7, 11) is 0. The van der Waals surface area contributed by atoms with Crippen molar-refractivity contribution in [3.05, 3.63) is 22.3 Å². The molecule has 0 aliphatic carbocycles. The van der Waals surface area contributed by atoms with Gasteiger partial charge in [-0.25, -0.2) is 0 Å². The summed E-state index contributed by atoms with van der Waals surface area (Å²) in [6.07, 6.45) is 0.983. The van der Waals surface area contributed by atoms with Crippen LogP contribution in [0.5, 0.6) is 11.5 Å². The number of hydrogen-bond donors (Lipinski definition) is 2. The lowest BCUT2D eigenvalue weighted by Crippen LogP contribution is -2.42. The van der Waals surface area contributed by atoms with Crippen LogP contribution in [0.25, 0.3) is 0 Å². The fourth-order valence-corrected chi connectivity index (χ4v) is 2.91. The second-order valence-corrected chi connectivity index (χ2v) is 6.64. The first-order chi connectivity index (χ1) is 11.1. The monoisotopic (exact) mass is 336 g/mol. The number of carbonyl (C=O) groups excluding carboxylic acids is 1. The van der Waals surface area contributed by atoms with E-state index in [1.165, 1.54) is 0 Å². The van der Waals surface area contributed by atoms with Gasteiger partial charge in [0.1, 0.15) is 23.7 Å². The van der Waals surface area contributed by atoms with Crippen LogP contribution in [0.1, 0.15) is 48.4 Å².